The second kappa shape index (κ2) is 10.2. The van der Waals surface area contributed by atoms with Crippen LogP contribution in [0.3, 0.4) is 0 Å². The zero-order valence-corrected chi connectivity index (χ0v) is 11.8. The molecule has 1 aromatic rings. The second-order valence-corrected chi connectivity index (χ2v) is 4.24. The Hall–Kier alpha value is -0.770. The summed E-state index contributed by atoms with van der Waals surface area (Å²) in [5.74, 6) is 0.890. The summed E-state index contributed by atoms with van der Waals surface area (Å²) >= 11 is 0. The normalized spacial score (nSPS) is 11.7. The van der Waals surface area contributed by atoms with Gasteiger partial charge in [0.05, 0.1) is 6.61 Å². The van der Waals surface area contributed by atoms with Gasteiger partial charge in [0.15, 0.2) is 0 Å². The highest BCUT2D eigenvalue weighted by Gasteiger charge is 2.04. The Balaban J connectivity index is 0.00000289. The van der Waals surface area contributed by atoms with Gasteiger partial charge in [-0.05, 0) is 30.5 Å². The summed E-state index contributed by atoms with van der Waals surface area (Å²) in [7, 11) is 0. The van der Waals surface area contributed by atoms with Gasteiger partial charge >= 0.3 is 0 Å². The summed E-state index contributed by atoms with van der Waals surface area (Å²) in [6, 6.07) is 7.73. The molecule has 1 atom stereocenters. The van der Waals surface area contributed by atoms with E-state index < -0.39 is 0 Å². The molecule has 4 heteroatoms. The molecule has 0 aliphatic heterocycles. The SMILES string of the molecule is CCCCCOc1ccc(C(N)CCO)cc1.Cl. The molecule has 0 aliphatic carbocycles. The fraction of sp³-hybridized carbons (Fsp3) is 0.571. The van der Waals surface area contributed by atoms with E-state index in [9.17, 15) is 0 Å². The molecule has 3 N–H and O–H groups in total. The number of unbranched alkanes of at least 4 members (excludes halogenated alkanes) is 2. The molecular weight excluding hydrogens is 250 g/mol. The van der Waals surface area contributed by atoms with E-state index in [2.05, 4.69) is 6.92 Å². The number of hydrogen-bond donors (Lipinski definition) is 2. The van der Waals surface area contributed by atoms with Crippen LogP contribution in [-0.4, -0.2) is 18.3 Å². The molecule has 0 radical (unpaired) electrons. The fourth-order valence-corrected chi connectivity index (χ4v) is 1.66. The highest BCUT2D eigenvalue weighted by atomic mass is 35.5. The predicted molar refractivity (Wildman–Crippen MR) is 77.3 cm³/mol. The molecule has 104 valence electrons. The van der Waals surface area contributed by atoms with Gasteiger partial charge in [-0.2, -0.15) is 0 Å². The summed E-state index contributed by atoms with van der Waals surface area (Å²) in [5, 5.41) is 8.81. The van der Waals surface area contributed by atoms with Gasteiger partial charge in [-0.1, -0.05) is 31.9 Å². The number of benzene rings is 1. The van der Waals surface area contributed by atoms with Crippen molar-refractivity contribution in [3.8, 4) is 5.75 Å². The molecule has 1 aromatic carbocycles. The third-order valence-corrected chi connectivity index (χ3v) is 2.76. The van der Waals surface area contributed by atoms with Gasteiger partial charge in [0.2, 0.25) is 0 Å². The lowest BCUT2D eigenvalue weighted by Gasteiger charge is -2.11. The van der Waals surface area contributed by atoms with Crippen molar-refractivity contribution in [2.75, 3.05) is 13.2 Å². The van der Waals surface area contributed by atoms with Crippen molar-refractivity contribution >= 4 is 12.4 Å². The van der Waals surface area contributed by atoms with Crippen LogP contribution in [0.2, 0.25) is 0 Å². The minimum absolute atomic E-state index is 0. The van der Waals surface area contributed by atoms with E-state index >= 15 is 0 Å². The molecule has 0 fully saturated rings. The number of hydrogen-bond acceptors (Lipinski definition) is 3. The standard InChI is InChI=1S/C14H23NO2.ClH/c1-2-3-4-11-17-13-7-5-12(6-8-13)14(15)9-10-16;/h5-8,14,16H,2-4,9-11,15H2,1H3;1H. The predicted octanol–water partition coefficient (Wildman–Crippen LogP) is 3.06. The van der Waals surface area contributed by atoms with Crippen molar-refractivity contribution in [3.05, 3.63) is 29.8 Å². The Bertz CT molecular complexity index is 303. The largest absolute Gasteiger partial charge is 0.494 e. The molecule has 0 aromatic heterocycles. The van der Waals surface area contributed by atoms with E-state index in [1.165, 1.54) is 12.8 Å². The molecule has 3 nitrogen and oxygen atoms in total. The Labute approximate surface area is 116 Å². The second-order valence-electron chi connectivity index (χ2n) is 4.24. The topological polar surface area (TPSA) is 55.5 Å². The summed E-state index contributed by atoms with van der Waals surface area (Å²) in [4.78, 5) is 0. The van der Waals surface area contributed by atoms with Crippen molar-refractivity contribution in [3.63, 3.8) is 0 Å². The minimum Gasteiger partial charge on any atom is -0.494 e. The number of aliphatic hydroxyl groups is 1. The third-order valence-electron chi connectivity index (χ3n) is 2.76. The molecule has 0 amide bonds. The molecule has 0 saturated heterocycles. The van der Waals surface area contributed by atoms with Gasteiger partial charge in [0.1, 0.15) is 5.75 Å². The van der Waals surface area contributed by atoms with E-state index in [1.807, 2.05) is 24.3 Å². The highest BCUT2D eigenvalue weighted by molar-refractivity contribution is 5.85. The van der Waals surface area contributed by atoms with Crippen LogP contribution in [0.1, 0.15) is 44.2 Å². The molecule has 0 spiro atoms. The molecule has 18 heavy (non-hydrogen) atoms. The van der Waals surface area contributed by atoms with E-state index in [0.29, 0.717) is 6.42 Å². The third kappa shape index (κ3) is 6.24. The lowest BCUT2D eigenvalue weighted by molar-refractivity contribution is 0.276. The number of aliphatic hydroxyl groups excluding tert-OH is 1. The molecule has 1 rings (SSSR count). The fourth-order valence-electron chi connectivity index (χ4n) is 1.66. The quantitative estimate of drug-likeness (QED) is 0.716. The van der Waals surface area contributed by atoms with E-state index in [4.69, 9.17) is 15.6 Å². The van der Waals surface area contributed by atoms with Gasteiger partial charge in [-0.25, -0.2) is 0 Å². The first-order chi connectivity index (χ1) is 8.27. The van der Waals surface area contributed by atoms with Gasteiger partial charge in [-0.15, -0.1) is 12.4 Å². The first-order valence-corrected chi connectivity index (χ1v) is 6.37. The zero-order chi connectivity index (χ0) is 12.5. The van der Waals surface area contributed by atoms with E-state index in [-0.39, 0.29) is 25.1 Å². The van der Waals surface area contributed by atoms with Gasteiger partial charge in [-0.3, -0.25) is 0 Å². The molecule has 0 heterocycles. The molecule has 0 saturated carbocycles. The smallest absolute Gasteiger partial charge is 0.119 e. The number of ether oxygens (including phenoxy) is 1. The Morgan fingerprint density at radius 3 is 2.44 bits per heavy atom. The molecule has 0 aliphatic rings. The van der Waals surface area contributed by atoms with Gasteiger partial charge < -0.3 is 15.6 Å². The van der Waals surface area contributed by atoms with E-state index in [1.54, 1.807) is 0 Å². The highest BCUT2D eigenvalue weighted by Crippen LogP contribution is 2.18. The van der Waals surface area contributed by atoms with E-state index in [0.717, 1.165) is 24.3 Å². The Morgan fingerprint density at radius 1 is 1.22 bits per heavy atom. The monoisotopic (exact) mass is 273 g/mol. The maximum absolute atomic E-state index is 8.81. The average molecular weight is 274 g/mol. The number of halogens is 1. The first-order valence-electron chi connectivity index (χ1n) is 6.37. The van der Waals surface area contributed by atoms with Crippen molar-refractivity contribution in [2.24, 2.45) is 5.73 Å². The van der Waals surface area contributed by atoms with Crippen LogP contribution in [0.25, 0.3) is 0 Å². The molecule has 0 bridgehead atoms. The summed E-state index contributed by atoms with van der Waals surface area (Å²) in [6.45, 7) is 3.07. The summed E-state index contributed by atoms with van der Waals surface area (Å²) in [6.07, 6.45) is 4.11. The van der Waals surface area contributed by atoms with Crippen molar-refractivity contribution in [2.45, 2.75) is 38.6 Å². The maximum atomic E-state index is 8.81. The van der Waals surface area contributed by atoms with Crippen LogP contribution in [0.15, 0.2) is 24.3 Å². The molecular formula is C14H24ClNO2. The first kappa shape index (κ1) is 17.2. The van der Waals surface area contributed by atoms with Crippen molar-refractivity contribution in [1.29, 1.82) is 0 Å². The Kier molecular flexibility index (Phi) is 9.74. The average Bonchev–Trinajstić information content (AvgIpc) is 2.36. The van der Waals surface area contributed by atoms with Crippen molar-refractivity contribution < 1.29 is 9.84 Å². The van der Waals surface area contributed by atoms with Crippen molar-refractivity contribution in [1.82, 2.24) is 0 Å². The van der Waals surface area contributed by atoms with Crippen LogP contribution in [0.5, 0.6) is 5.75 Å². The lowest BCUT2D eigenvalue weighted by atomic mass is 10.1. The van der Waals surface area contributed by atoms with Crippen LogP contribution in [-0.2, 0) is 0 Å². The van der Waals surface area contributed by atoms with Crippen LogP contribution >= 0.6 is 12.4 Å². The summed E-state index contributed by atoms with van der Waals surface area (Å²) in [5.41, 5.74) is 6.94. The summed E-state index contributed by atoms with van der Waals surface area (Å²) < 4.78 is 5.61. The number of rotatable bonds is 8. The number of nitrogens with two attached hydrogens (primary N) is 1. The zero-order valence-electron chi connectivity index (χ0n) is 11.0. The van der Waals surface area contributed by atoms with Crippen LogP contribution < -0.4 is 10.5 Å². The Morgan fingerprint density at radius 2 is 1.89 bits per heavy atom. The lowest BCUT2D eigenvalue weighted by Crippen LogP contribution is -2.11. The van der Waals surface area contributed by atoms with Crippen LogP contribution in [0.4, 0.5) is 0 Å². The van der Waals surface area contributed by atoms with Gasteiger partial charge in [0.25, 0.3) is 0 Å². The minimum atomic E-state index is -0.0888. The van der Waals surface area contributed by atoms with Crippen LogP contribution in [0, 0.1) is 0 Å². The van der Waals surface area contributed by atoms with Gasteiger partial charge in [0, 0.05) is 12.6 Å². The molecule has 1 unspecified atom stereocenters. The maximum Gasteiger partial charge on any atom is 0.119 e.